The molecule has 1 saturated heterocycles. The Labute approximate surface area is 181 Å². The number of ether oxygens (including phenoxy) is 1. The smallest absolute Gasteiger partial charge is 0.262 e. The normalized spacial score (nSPS) is 14.2. The second-order valence-corrected chi connectivity index (χ2v) is 8.15. The molecule has 0 unspecified atom stereocenters. The van der Waals surface area contributed by atoms with E-state index in [4.69, 9.17) is 16.3 Å². The number of carbonyl (C=O) groups excluding carboxylic acids is 2. The number of nitrogens with zero attached hydrogens (tertiary/aromatic N) is 2. The second kappa shape index (κ2) is 8.52. The molecule has 0 aliphatic carbocycles. The van der Waals surface area contributed by atoms with Crippen molar-refractivity contribution in [2.45, 2.75) is 32.6 Å². The number of carbonyl (C=O) groups is 2. The van der Waals surface area contributed by atoms with Gasteiger partial charge in [-0.1, -0.05) is 11.6 Å². The van der Waals surface area contributed by atoms with Crippen LogP contribution in [-0.4, -0.2) is 41.5 Å². The summed E-state index contributed by atoms with van der Waals surface area (Å²) in [4.78, 5) is 28.3. The van der Waals surface area contributed by atoms with Gasteiger partial charge in [-0.25, -0.2) is 0 Å². The first-order chi connectivity index (χ1) is 14.5. The van der Waals surface area contributed by atoms with Gasteiger partial charge in [0.05, 0.1) is 19.0 Å². The fraction of sp³-hybridized carbons (Fsp3) is 0.333. The fourth-order valence-electron chi connectivity index (χ4n) is 4.20. The van der Waals surface area contributed by atoms with Crippen molar-refractivity contribution in [3.8, 4) is 5.75 Å². The van der Waals surface area contributed by atoms with E-state index in [0.29, 0.717) is 16.3 Å². The summed E-state index contributed by atoms with van der Waals surface area (Å²) in [6.07, 6.45) is 3.55. The zero-order chi connectivity index (χ0) is 21.3. The van der Waals surface area contributed by atoms with E-state index in [9.17, 15) is 9.59 Å². The molecule has 1 aliphatic rings. The lowest BCUT2D eigenvalue weighted by Crippen LogP contribution is -2.36. The third-order valence-electron chi connectivity index (χ3n) is 5.87. The zero-order valence-corrected chi connectivity index (χ0v) is 18.0. The van der Waals surface area contributed by atoms with E-state index in [2.05, 4.69) is 0 Å². The molecular weight excluding hydrogens is 400 g/mol. The van der Waals surface area contributed by atoms with Crippen molar-refractivity contribution in [3.05, 3.63) is 64.3 Å². The van der Waals surface area contributed by atoms with Gasteiger partial charge in [0, 0.05) is 34.8 Å². The van der Waals surface area contributed by atoms with Crippen LogP contribution in [0.1, 0.15) is 40.9 Å². The average molecular weight is 425 g/mol. The molecule has 156 valence electrons. The molecule has 3 aromatic rings. The Morgan fingerprint density at radius 1 is 1.03 bits per heavy atom. The minimum Gasteiger partial charge on any atom is -0.497 e. The number of piperidine rings is 1. The van der Waals surface area contributed by atoms with E-state index in [-0.39, 0.29) is 18.2 Å². The van der Waals surface area contributed by atoms with Gasteiger partial charge in [-0.3, -0.25) is 14.2 Å². The lowest BCUT2D eigenvalue weighted by molar-refractivity contribution is -0.131. The molecule has 1 amide bonds. The van der Waals surface area contributed by atoms with Crippen LogP contribution in [-0.2, 0) is 11.2 Å². The van der Waals surface area contributed by atoms with E-state index < -0.39 is 0 Å². The molecular formula is C24H25ClN2O3. The van der Waals surface area contributed by atoms with Crippen molar-refractivity contribution in [2.24, 2.45) is 0 Å². The summed E-state index contributed by atoms with van der Waals surface area (Å²) in [5, 5.41) is 1.46. The molecule has 4 rings (SSSR count). The Kier molecular flexibility index (Phi) is 5.82. The predicted octanol–water partition coefficient (Wildman–Crippen LogP) is 4.86. The zero-order valence-electron chi connectivity index (χ0n) is 17.3. The highest BCUT2D eigenvalue weighted by atomic mass is 35.5. The first-order valence-electron chi connectivity index (χ1n) is 10.3. The Balaban J connectivity index is 1.79. The maximum atomic E-state index is 13.3. The number of aromatic nitrogens is 1. The van der Waals surface area contributed by atoms with Crippen LogP contribution in [0.15, 0.2) is 42.5 Å². The molecule has 0 saturated carbocycles. The Bertz CT molecular complexity index is 1100. The highest BCUT2D eigenvalue weighted by molar-refractivity contribution is 6.30. The van der Waals surface area contributed by atoms with Gasteiger partial charge < -0.3 is 9.64 Å². The van der Waals surface area contributed by atoms with Crippen LogP contribution in [0.25, 0.3) is 10.9 Å². The van der Waals surface area contributed by atoms with Crippen LogP contribution in [0.4, 0.5) is 0 Å². The third kappa shape index (κ3) is 3.82. The Morgan fingerprint density at radius 2 is 1.73 bits per heavy atom. The van der Waals surface area contributed by atoms with Gasteiger partial charge in [-0.05, 0) is 74.2 Å². The summed E-state index contributed by atoms with van der Waals surface area (Å²) >= 11 is 5.98. The number of rotatable bonds is 4. The van der Waals surface area contributed by atoms with Gasteiger partial charge in [-0.15, -0.1) is 0 Å². The van der Waals surface area contributed by atoms with Crippen molar-refractivity contribution in [3.63, 3.8) is 0 Å². The van der Waals surface area contributed by atoms with Crippen LogP contribution in [0.3, 0.4) is 0 Å². The Hall–Kier alpha value is -2.79. The molecule has 1 aromatic heterocycles. The highest BCUT2D eigenvalue weighted by Gasteiger charge is 2.24. The molecule has 1 fully saturated rings. The monoisotopic (exact) mass is 424 g/mol. The van der Waals surface area contributed by atoms with E-state index in [1.54, 1.807) is 35.9 Å². The summed E-state index contributed by atoms with van der Waals surface area (Å²) in [6, 6.07) is 12.5. The number of hydrogen-bond donors (Lipinski definition) is 0. The third-order valence-corrected chi connectivity index (χ3v) is 6.12. The van der Waals surface area contributed by atoms with Crippen molar-refractivity contribution in [1.82, 2.24) is 9.47 Å². The molecule has 30 heavy (non-hydrogen) atoms. The largest absolute Gasteiger partial charge is 0.497 e. The lowest BCUT2D eigenvalue weighted by atomic mass is 10.1. The van der Waals surface area contributed by atoms with Gasteiger partial charge in [0.2, 0.25) is 5.91 Å². The van der Waals surface area contributed by atoms with Gasteiger partial charge in [0.1, 0.15) is 5.75 Å². The van der Waals surface area contributed by atoms with E-state index in [0.717, 1.165) is 48.1 Å². The number of methoxy groups -OCH3 is 1. The summed E-state index contributed by atoms with van der Waals surface area (Å²) in [6.45, 7) is 3.52. The number of fused-ring (bicyclic) bond motifs is 1. The summed E-state index contributed by atoms with van der Waals surface area (Å²) in [7, 11) is 1.61. The number of amides is 1. The van der Waals surface area contributed by atoms with Crippen LogP contribution in [0, 0.1) is 6.92 Å². The quantitative estimate of drug-likeness (QED) is 0.601. The highest BCUT2D eigenvalue weighted by Crippen LogP contribution is 2.31. The summed E-state index contributed by atoms with van der Waals surface area (Å²) in [5.74, 6) is 0.667. The van der Waals surface area contributed by atoms with E-state index in [1.165, 1.54) is 6.42 Å². The average Bonchev–Trinajstić information content (AvgIpc) is 3.05. The van der Waals surface area contributed by atoms with Gasteiger partial charge in [-0.2, -0.15) is 0 Å². The second-order valence-electron chi connectivity index (χ2n) is 7.71. The fourth-order valence-corrected chi connectivity index (χ4v) is 4.33. The molecule has 2 aromatic carbocycles. The van der Waals surface area contributed by atoms with Crippen LogP contribution in [0.5, 0.6) is 5.75 Å². The first kappa shape index (κ1) is 20.5. The Morgan fingerprint density at radius 3 is 2.40 bits per heavy atom. The number of hydrogen-bond acceptors (Lipinski definition) is 3. The molecule has 0 N–H and O–H groups in total. The van der Waals surface area contributed by atoms with Crippen molar-refractivity contribution in [2.75, 3.05) is 20.2 Å². The standard InChI is InChI=1S/C24H25ClN2O3/c1-16-20(15-23(28)26-12-4-3-5-13-26)21-14-19(30-2)10-11-22(21)27(16)24(29)17-6-8-18(25)9-7-17/h6-11,14H,3-5,12-13,15H2,1-2H3. The van der Waals surface area contributed by atoms with Gasteiger partial charge in [0.15, 0.2) is 0 Å². The molecule has 5 nitrogen and oxygen atoms in total. The lowest BCUT2D eigenvalue weighted by Gasteiger charge is -2.26. The molecule has 0 radical (unpaired) electrons. The SMILES string of the molecule is COc1ccc2c(c1)c(CC(=O)N1CCCCC1)c(C)n2C(=O)c1ccc(Cl)cc1. The minimum atomic E-state index is -0.143. The van der Waals surface area contributed by atoms with Crippen molar-refractivity contribution < 1.29 is 14.3 Å². The molecule has 1 aliphatic heterocycles. The number of benzene rings is 2. The molecule has 0 atom stereocenters. The minimum absolute atomic E-state index is 0.110. The molecule has 2 heterocycles. The van der Waals surface area contributed by atoms with Crippen LogP contribution >= 0.6 is 11.6 Å². The molecule has 0 spiro atoms. The molecule has 0 bridgehead atoms. The maximum Gasteiger partial charge on any atom is 0.262 e. The topological polar surface area (TPSA) is 51.5 Å². The summed E-state index contributed by atoms with van der Waals surface area (Å²) < 4.78 is 7.09. The number of likely N-dealkylation sites (tertiary alicyclic amines) is 1. The number of halogens is 1. The summed E-state index contributed by atoms with van der Waals surface area (Å²) in [5.41, 5.74) is 2.98. The van der Waals surface area contributed by atoms with E-state index in [1.807, 2.05) is 30.0 Å². The van der Waals surface area contributed by atoms with E-state index >= 15 is 0 Å². The van der Waals surface area contributed by atoms with Crippen LogP contribution in [0.2, 0.25) is 5.02 Å². The van der Waals surface area contributed by atoms with Crippen molar-refractivity contribution in [1.29, 1.82) is 0 Å². The van der Waals surface area contributed by atoms with Crippen molar-refractivity contribution >= 4 is 34.3 Å². The predicted molar refractivity (Wildman–Crippen MR) is 119 cm³/mol. The van der Waals surface area contributed by atoms with Crippen LogP contribution < -0.4 is 4.74 Å². The first-order valence-corrected chi connectivity index (χ1v) is 10.6. The van der Waals surface area contributed by atoms with Gasteiger partial charge >= 0.3 is 0 Å². The molecule has 6 heteroatoms. The maximum absolute atomic E-state index is 13.3. The van der Waals surface area contributed by atoms with Gasteiger partial charge in [0.25, 0.3) is 5.91 Å².